The van der Waals surface area contributed by atoms with E-state index in [0.29, 0.717) is 43.3 Å². The topological polar surface area (TPSA) is 87.0 Å². The molecule has 5 heteroatoms. The number of fused-ring (bicyclic) bond motifs is 1. The molecular formula is C20H30O5. The Labute approximate surface area is 149 Å². The van der Waals surface area contributed by atoms with Gasteiger partial charge in [0.1, 0.15) is 6.10 Å². The van der Waals surface area contributed by atoms with E-state index in [4.69, 9.17) is 4.74 Å². The van der Waals surface area contributed by atoms with E-state index in [1.807, 2.05) is 13.8 Å². The van der Waals surface area contributed by atoms with Gasteiger partial charge in [0.05, 0.1) is 17.3 Å². The molecule has 140 valence electrons. The van der Waals surface area contributed by atoms with Crippen LogP contribution in [0.2, 0.25) is 0 Å². The molecule has 0 saturated carbocycles. The maximum atomic E-state index is 12.0. The zero-order valence-corrected chi connectivity index (χ0v) is 15.4. The Balaban J connectivity index is 2.30. The number of aliphatic hydroxyl groups excluding tert-OH is 1. The summed E-state index contributed by atoms with van der Waals surface area (Å²) in [6.07, 6.45) is 5.60. The Morgan fingerprint density at radius 1 is 1.28 bits per heavy atom. The third-order valence-corrected chi connectivity index (χ3v) is 5.29. The van der Waals surface area contributed by atoms with Gasteiger partial charge in [-0.1, -0.05) is 32.6 Å². The van der Waals surface area contributed by atoms with Crippen LogP contribution in [0.25, 0.3) is 0 Å². The molecule has 2 bridgehead atoms. The molecule has 0 amide bonds. The van der Waals surface area contributed by atoms with Crippen LogP contribution in [-0.4, -0.2) is 44.7 Å². The van der Waals surface area contributed by atoms with Crippen LogP contribution in [0, 0.1) is 5.92 Å². The first-order valence-corrected chi connectivity index (χ1v) is 8.95. The predicted molar refractivity (Wildman–Crippen MR) is 95.7 cm³/mol. The maximum absolute atomic E-state index is 12.0. The van der Waals surface area contributed by atoms with Gasteiger partial charge in [-0.3, -0.25) is 0 Å². The Hall–Kier alpha value is -1.43. The first-order chi connectivity index (χ1) is 11.5. The Kier molecular flexibility index (Phi) is 5.92. The number of carbonyl (C=O) groups is 1. The van der Waals surface area contributed by atoms with Gasteiger partial charge in [-0.15, -0.1) is 0 Å². The molecule has 1 heterocycles. The number of esters is 1. The normalized spacial score (nSPS) is 38.9. The monoisotopic (exact) mass is 350 g/mol. The molecule has 25 heavy (non-hydrogen) atoms. The van der Waals surface area contributed by atoms with Crippen LogP contribution in [0.15, 0.2) is 36.0 Å². The first-order valence-electron chi connectivity index (χ1n) is 8.95. The van der Waals surface area contributed by atoms with Crippen LogP contribution in [0.4, 0.5) is 0 Å². The molecule has 1 aliphatic heterocycles. The number of carbonyl (C=O) groups excluding carboxylic acids is 1. The fraction of sp³-hybridized carbons (Fsp3) is 0.650. The number of rotatable bonds is 1. The smallest absolute Gasteiger partial charge is 0.334 e. The van der Waals surface area contributed by atoms with Gasteiger partial charge >= 0.3 is 5.97 Å². The van der Waals surface area contributed by atoms with Gasteiger partial charge in [0.15, 0.2) is 0 Å². The van der Waals surface area contributed by atoms with Crippen LogP contribution in [0.3, 0.4) is 0 Å². The lowest BCUT2D eigenvalue weighted by atomic mass is 9.82. The van der Waals surface area contributed by atoms with Crippen molar-refractivity contribution in [3.63, 3.8) is 0 Å². The lowest BCUT2D eigenvalue weighted by Crippen LogP contribution is -2.34. The van der Waals surface area contributed by atoms with Crippen molar-refractivity contribution in [3.8, 4) is 0 Å². The zero-order valence-electron chi connectivity index (χ0n) is 15.4. The number of ether oxygens (including phenoxy) is 1. The number of hydrogen-bond acceptors (Lipinski definition) is 5. The van der Waals surface area contributed by atoms with Gasteiger partial charge in [0.2, 0.25) is 0 Å². The van der Waals surface area contributed by atoms with Crippen molar-refractivity contribution in [1.29, 1.82) is 0 Å². The fourth-order valence-corrected chi connectivity index (χ4v) is 3.16. The molecule has 0 aromatic heterocycles. The van der Waals surface area contributed by atoms with Crippen molar-refractivity contribution >= 4 is 5.97 Å². The van der Waals surface area contributed by atoms with Gasteiger partial charge in [-0.05, 0) is 50.2 Å². The highest BCUT2D eigenvalue weighted by Crippen LogP contribution is 2.32. The molecule has 3 N–H and O–H groups in total. The minimum absolute atomic E-state index is 0.0772. The van der Waals surface area contributed by atoms with Crippen LogP contribution in [0.1, 0.15) is 52.9 Å². The maximum Gasteiger partial charge on any atom is 0.334 e. The van der Waals surface area contributed by atoms with E-state index in [-0.39, 0.29) is 11.9 Å². The highest BCUT2D eigenvalue weighted by molar-refractivity contribution is 5.90. The Bertz CT molecular complexity index is 587. The molecule has 5 nitrogen and oxygen atoms in total. The Morgan fingerprint density at radius 3 is 2.60 bits per heavy atom. The standard InChI is InChI=1S/C20H30O5/c1-13(2)20(24)8-5-15-12-16(25-18(15)22)11-14(3)17(21)6-7-19(4,23)9-10-20/h9-10,12-13,16-17,21,23-24H,3,5-8,11H2,1-2,4H3/b10-9+/t16-,17+,19+,20-/m1/s1. The quantitative estimate of drug-likeness (QED) is 0.499. The van der Waals surface area contributed by atoms with Crippen molar-refractivity contribution in [2.24, 2.45) is 5.92 Å². The average Bonchev–Trinajstić information content (AvgIpc) is 2.87. The molecule has 0 aromatic carbocycles. The summed E-state index contributed by atoms with van der Waals surface area (Å²) in [7, 11) is 0. The van der Waals surface area contributed by atoms with E-state index in [1.165, 1.54) is 0 Å². The molecular weight excluding hydrogens is 320 g/mol. The third-order valence-electron chi connectivity index (χ3n) is 5.29. The van der Waals surface area contributed by atoms with E-state index in [0.717, 1.165) is 0 Å². The van der Waals surface area contributed by atoms with Gasteiger partial charge in [-0.2, -0.15) is 0 Å². The molecule has 2 aliphatic rings. The lowest BCUT2D eigenvalue weighted by molar-refractivity contribution is -0.139. The summed E-state index contributed by atoms with van der Waals surface area (Å²) in [6, 6.07) is 0. The molecule has 0 saturated heterocycles. The van der Waals surface area contributed by atoms with Crippen LogP contribution in [-0.2, 0) is 9.53 Å². The summed E-state index contributed by atoms with van der Waals surface area (Å²) in [5, 5.41) is 31.7. The van der Waals surface area contributed by atoms with Crippen molar-refractivity contribution in [3.05, 3.63) is 36.0 Å². The SMILES string of the molecule is C=C1C[C@@H]2C=C(CC[C@](O)(C(C)C)/C=C/[C@@](C)(O)CC[C@@H]1O)C(=O)O2. The summed E-state index contributed by atoms with van der Waals surface area (Å²) in [4.78, 5) is 12.0. The van der Waals surface area contributed by atoms with E-state index >= 15 is 0 Å². The summed E-state index contributed by atoms with van der Waals surface area (Å²) in [5.41, 5.74) is -1.14. The summed E-state index contributed by atoms with van der Waals surface area (Å²) in [6.45, 7) is 9.35. The predicted octanol–water partition coefficient (Wildman–Crippen LogP) is 2.41. The van der Waals surface area contributed by atoms with Crippen molar-refractivity contribution in [1.82, 2.24) is 0 Å². The largest absolute Gasteiger partial charge is 0.454 e. The second-order valence-electron chi connectivity index (χ2n) is 7.89. The van der Waals surface area contributed by atoms with Crippen molar-refractivity contribution in [2.45, 2.75) is 76.3 Å². The molecule has 0 unspecified atom stereocenters. The van der Waals surface area contributed by atoms with Crippen LogP contribution < -0.4 is 0 Å². The second kappa shape index (κ2) is 7.44. The Morgan fingerprint density at radius 2 is 1.96 bits per heavy atom. The molecule has 0 aromatic rings. The average molecular weight is 350 g/mol. The fourth-order valence-electron chi connectivity index (χ4n) is 3.16. The van der Waals surface area contributed by atoms with Crippen LogP contribution in [0.5, 0.6) is 0 Å². The molecule has 0 radical (unpaired) electrons. The van der Waals surface area contributed by atoms with Gasteiger partial charge in [0.25, 0.3) is 0 Å². The summed E-state index contributed by atoms with van der Waals surface area (Å²) < 4.78 is 5.34. The van der Waals surface area contributed by atoms with E-state index in [1.54, 1.807) is 25.2 Å². The molecule has 0 spiro atoms. The van der Waals surface area contributed by atoms with Crippen molar-refractivity contribution in [2.75, 3.05) is 0 Å². The minimum Gasteiger partial charge on any atom is -0.454 e. The van der Waals surface area contributed by atoms with E-state index in [9.17, 15) is 20.1 Å². The summed E-state index contributed by atoms with van der Waals surface area (Å²) in [5.74, 6) is -0.448. The molecule has 2 rings (SSSR count). The first kappa shape index (κ1) is 19.9. The van der Waals surface area contributed by atoms with Crippen LogP contribution >= 0.6 is 0 Å². The highest BCUT2D eigenvalue weighted by atomic mass is 16.5. The molecule has 4 atom stereocenters. The summed E-state index contributed by atoms with van der Waals surface area (Å²) >= 11 is 0. The van der Waals surface area contributed by atoms with Gasteiger partial charge < -0.3 is 20.1 Å². The second-order valence-corrected chi connectivity index (χ2v) is 7.89. The zero-order chi connectivity index (χ0) is 18.8. The third kappa shape index (κ3) is 5.03. The minimum atomic E-state index is -1.14. The number of aliphatic hydroxyl groups is 3. The highest BCUT2D eigenvalue weighted by Gasteiger charge is 2.33. The lowest BCUT2D eigenvalue weighted by Gasteiger charge is -2.31. The van der Waals surface area contributed by atoms with Crippen molar-refractivity contribution < 1.29 is 24.9 Å². The van der Waals surface area contributed by atoms with E-state index < -0.39 is 23.4 Å². The van der Waals surface area contributed by atoms with Gasteiger partial charge in [-0.25, -0.2) is 4.79 Å². The van der Waals surface area contributed by atoms with E-state index in [2.05, 4.69) is 6.58 Å². The van der Waals surface area contributed by atoms with Gasteiger partial charge in [0, 0.05) is 12.0 Å². The molecule has 1 aliphatic carbocycles. The molecule has 0 fully saturated rings. The number of hydrogen-bond donors (Lipinski definition) is 3.